The van der Waals surface area contributed by atoms with E-state index in [1.165, 1.54) is 6.54 Å². The van der Waals surface area contributed by atoms with E-state index in [4.69, 9.17) is 16.6 Å². The van der Waals surface area contributed by atoms with E-state index in [0.717, 1.165) is 55.1 Å². The predicted octanol–water partition coefficient (Wildman–Crippen LogP) is 2.44. The second-order valence-corrected chi connectivity index (χ2v) is 6.96. The molecule has 2 aromatic rings. The molecule has 0 bridgehead atoms. The first-order valence-corrected chi connectivity index (χ1v) is 8.58. The molecular weight excluding hydrogens is 310 g/mol. The van der Waals surface area contributed by atoms with Gasteiger partial charge in [0.15, 0.2) is 16.4 Å². The van der Waals surface area contributed by atoms with Gasteiger partial charge >= 0.3 is 0 Å². The van der Waals surface area contributed by atoms with E-state index in [2.05, 4.69) is 28.7 Å². The van der Waals surface area contributed by atoms with E-state index < -0.39 is 0 Å². The Bertz CT molecular complexity index is 680. The Kier molecular flexibility index (Phi) is 4.99. The van der Waals surface area contributed by atoms with Gasteiger partial charge in [-0.3, -0.25) is 4.90 Å². The lowest BCUT2D eigenvalue weighted by atomic mass is 10.2. The van der Waals surface area contributed by atoms with Crippen LogP contribution in [0.4, 0.5) is 0 Å². The summed E-state index contributed by atoms with van der Waals surface area (Å²) in [5.41, 5.74) is 0. The normalized spacial score (nSPS) is 17.2. The van der Waals surface area contributed by atoms with Crippen molar-refractivity contribution in [2.45, 2.75) is 20.5 Å². The Morgan fingerprint density at radius 3 is 2.52 bits per heavy atom. The lowest BCUT2D eigenvalue weighted by Gasteiger charge is -2.35. The fourth-order valence-electron chi connectivity index (χ4n) is 3.02. The molecule has 0 unspecified atom stereocenters. The zero-order valence-corrected chi connectivity index (χ0v) is 14.9. The third-order valence-electron chi connectivity index (χ3n) is 4.20. The average Bonchev–Trinajstić information content (AvgIpc) is 3.13. The van der Waals surface area contributed by atoms with Gasteiger partial charge in [0.1, 0.15) is 0 Å². The summed E-state index contributed by atoms with van der Waals surface area (Å²) in [5.74, 6) is 2.25. The van der Waals surface area contributed by atoms with Crippen molar-refractivity contribution in [1.29, 1.82) is 0 Å². The molecule has 3 rings (SSSR count). The van der Waals surface area contributed by atoms with Crippen LogP contribution in [0.25, 0.3) is 11.6 Å². The lowest BCUT2D eigenvalue weighted by molar-refractivity contribution is 0.0950. The van der Waals surface area contributed by atoms with Gasteiger partial charge in [-0.15, -0.1) is 5.10 Å². The van der Waals surface area contributed by atoms with Gasteiger partial charge in [-0.2, -0.15) is 0 Å². The van der Waals surface area contributed by atoms with Crippen molar-refractivity contribution in [3.8, 4) is 11.6 Å². The summed E-state index contributed by atoms with van der Waals surface area (Å²) in [7, 11) is 1.93. The summed E-state index contributed by atoms with van der Waals surface area (Å²) < 4.78 is 9.97. The number of nitrogens with zero attached hydrogens (tertiary/aromatic N) is 5. The van der Waals surface area contributed by atoms with Gasteiger partial charge in [0.05, 0.1) is 12.9 Å². The summed E-state index contributed by atoms with van der Waals surface area (Å²) in [5, 5.41) is 4.64. The van der Waals surface area contributed by atoms with Crippen molar-refractivity contribution < 1.29 is 4.42 Å². The molecule has 1 fully saturated rings. The van der Waals surface area contributed by atoms with Gasteiger partial charge in [-0.25, -0.2) is 4.68 Å². The van der Waals surface area contributed by atoms with Crippen molar-refractivity contribution in [2.75, 3.05) is 32.7 Å². The second kappa shape index (κ2) is 6.98. The van der Waals surface area contributed by atoms with Crippen LogP contribution in [0.1, 0.15) is 13.8 Å². The first-order chi connectivity index (χ1) is 11.0. The van der Waals surface area contributed by atoms with Crippen LogP contribution >= 0.6 is 12.2 Å². The Labute approximate surface area is 142 Å². The van der Waals surface area contributed by atoms with Crippen molar-refractivity contribution in [3.05, 3.63) is 23.2 Å². The molecule has 2 aromatic heterocycles. The molecule has 126 valence electrons. The molecule has 1 saturated heterocycles. The highest BCUT2D eigenvalue weighted by Gasteiger charge is 2.19. The highest BCUT2D eigenvalue weighted by atomic mass is 32.1. The van der Waals surface area contributed by atoms with Gasteiger partial charge < -0.3 is 13.9 Å². The maximum Gasteiger partial charge on any atom is 0.199 e. The van der Waals surface area contributed by atoms with E-state index in [9.17, 15) is 0 Å². The number of piperazine rings is 1. The number of hydrogen-bond acceptors (Lipinski definition) is 5. The van der Waals surface area contributed by atoms with E-state index >= 15 is 0 Å². The highest BCUT2D eigenvalue weighted by Crippen LogP contribution is 2.18. The topological polar surface area (TPSA) is 42.4 Å². The molecule has 0 saturated carbocycles. The molecule has 7 heteroatoms. The monoisotopic (exact) mass is 335 g/mol. The van der Waals surface area contributed by atoms with Crippen LogP contribution in [0, 0.1) is 10.7 Å². The third kappa shape index (κ3) is 3.73. The maximum atomic E-state index is 5.52. The highest BCUT2D eigenvalue weighted by molar-refractivity contribution is 7.71. The number of furan rings is 1. The first kappa shape index (κ1) is 16.4. The van der Waals surface area contributed by atoms with Crippen LogP contribution in [0.5, 0.6) is 0 Å². The SMILES string of the molecule is CC(C)CN1CCN(Cn2nc(-c3ccco3)n(C)c2=S)CC1. The molecule has 6 nitrogen and oxygen atoms in total. The van der Waals surface area contributed by atoms with Gasteiger partial charge in [0, 0.05) is 39.8 Å². The van der Waals surface area contributed by atoms with E-state index in [0.29, 0.717) is 0 Å². The third-order valence-corrected chi connectivity index (χ3v) is 4.69. The lowest BCUT2D eigenvalue weighted by Crippen LogP contribution is -2.47. The molecule has 0 aromatic carbocycles. The molecule has 3 heterocycles. The van der Waals surface area contributed by atoms with Crippen LogP contribution in [0.15, 0.2) is 22.8 Å². The zero-order chi connectivity index (χ0) is 16.4. The average molecular weight is 335 g/mol. The largest absolute Gasteiger partial charge is 0.461 e. The molecule has 23 heavy (non-hydrogen) atoms. The van der Waals surface area contributed by atoms with Gasteiger partial charge in [-0.1, -0.05) is 13.8 Å². The minimum absolute atomic E-state index is 0.723. The Morgan fingerprint density at radius 1 is 1.22 bits per heavy atom. The molecule has 0 N–H and O–H groups in total. The molecule has 0 radical (unpaired) electrons. The number of aromatic nitrogens is 3. The standard InChI is InChI=1S/C16H25N5OS/c1-13(2)11-19-6-8-20(9-7-19)12-21-16(23)18(3)15(17-21)14-5-4-10-22-14/h4-5,10,13H,6-9,11-12H2,1-3H3. The molecule has 0 atom stereocenters. The summed E-state index contributed by atoms with van der Waals surface area (Å²) in [6.45, 7) is 10.8. The summed E-state index contributed by atoms with van der Waals surface area (Å²) in [6.07, 6.45) is 1.66. The van der Waals surface area contributed by atoms with E-state index in [-0.39, 0.29) is 0 Å². The smallest absolute Gasteiger partial charge is 0.199 e. The van der Waals surface area contributed by atoms with Crippen molar-refractivity contribution in [2.24, 2.45) is 13.0 Å². The molecule has 1 aliphatic rings. The Balaban J connectivity index is 1.66. The Morgan fingerprint density at radius 2 is 1.91 bits per heavy atom. The van der Waals surface area contributed by atoms with E-state index in [1.807, 2.05) is 28.4 Å². The summed E-state index contributed by atoms with van der Waals surface area (Å²) in [4.78, 5) is 4.94. The number of hydrogen-bond donors (Lipinski definition) is 0. The second-order valence-electron chi connectivity index (χ2n) is 6.60. The van der Waals surface area contributed by atoms with Crippen LogP contribution in [0.3, 0.4) is 0 Å². The van der Waals surface area contributed by atoms with Crippen molar-refractivity contribution >= 4 is 12.2 Å². The van der Waals surface area contributed by atoms with Crippen LogP contribution in [0.2, 0.25) is 0 Å². The fourth-order valence-corrected chi connectivity index (χ4v) is 3.20. The molecular formula is C16H25N5OS. The quantitative estimate of drug-likeness (QED) is 0.785. The van der Waals surface area contributed by atoms with Crippen LogP contribution in [-0.4, -0.2) is 56.9 Å². The number of rotatable bonds is 5. The van der Waals surface area contributed by atoms with Gasteiger partial charge in [-0.05, 0) is 30.3 Å². The fraction of sp³-hybridized carbons (Fsp3) is 0.625. The molecule has 0 spiro atoms. The zero-order valence-electron chi connectivity index (χ0n) is 14.1. The van der Waals surface area contributed by atoms with E-state index in [1.54, 1.807) is 6.26 Å². The summed E-state index contributed by atoms with van der Waals surface area (Å²) >= 11 is 5.52. The molecule has 0 amide bonds. The minimum atomic E-state index is 0.723. The van der Waals surface area contributed by atoms with Gasteiger partial charge in [0.2, 0.25) is 0 Å². The summed E-state index contributed by atoms with van der Waals surface area (Å²) in [6, 6.07) is 3.78. The van der Waals surface area contributed by atoms with Gasteiger partial charge in [0.25, 0.3) is 0 Å². The van der Waals surface area contributed by atoms with Crippen LogP contribution in [-0.2, 0) is 13.7 Å². The molecule has 1 aliphatic heterocycles. The van der Waals surface area contributed by atoms with Crippen molar-refractivity contribution in [1.82, 2.24) is 24.1 Å². The predicted molar refractivity (Wildman–Crippen MR) is 92.6 cm³/mol. The van der Waals surface area contributed by atoms with Crippen molar-refractivity contribution in [3.63, 3.8) is 0 Å². The molecule has 0 aliphatic carbocycles. The maximum absolute atomic E-state index is 5.52. The minimum Gasteiger partial charge on any atom is -0.461 e. The Hall–Kier alpha value is -1.44. The van der Waals surface area contributed by atoms with Crippen LogP contribution < -0.4 is 0 Å². The first-order valence-electron chi connectivity index (χ1n) is 8.17.